The van der Waals surface area contributed by atoms with Crippen molar-refractivity contribution in [3.8, 4) is 84.4 Å². The van der Waals surface area contributed by atoms with Gasteiger partial charge in [0.1, 0.15) is 11.2 Å². The lowest BCUT2D eigenvalue weighted by Gasteiger charge is -2.16. The highest BCUT2D eigenvalue weighted by Crippen LogP contribution is 2.45. The van der Waals surface area contributed by atoms with Gasteiger partial charge in [-0.1, -0.05) is 188 Å². The summed E-state index contributed by atoms with van der Waals surface area (Å²) in [6, 6.07) is 90.9. The Labute approximate surface area is 435 Å². The molecule has 15 rings (SSSR count). The molecule has 5 nitrogen and oxygen atoms in total. The molecule has 0 unspecified atom stereocenters. The first-order chi connectivity index (χ1) is 37.1. The van der Waals surface area contributed by atoms with Gasteiger partial charge in [0.2, 0.25) is 0 Å². The molecule has 75 heavy (non-hydrogen) atoms. The van der Waals surface area contributed by atoms with Gasteiger partial charge in [-0.05, 0) is 106 Å². The molecule has 11 aromatic carbocycles. The van der Waals surface area contributed by atoms with Crippen molar-refractivity contribution in [1.82, 2.24) is 19.5 Å². The van der Waals surface area contributed by atoms with E-state index < -0.39 is 0 Å². The highest BCUT2D eigenvalue weighted by molar-refractivity contribution is 7.26. The summed E-state index contributed by atoms with van der Waals surface area (Å²) in [6.07, 6.45) is 0. The number of furan rings is 1. The molecule has 0 saturated heterocycles. The minimum absolute atomic E-state index is 0.578. The van der Waals surface area contributed by atoms with Gasteiger partial charge in [-0.15, -0.1) is 11.3 Å². The van der Waals surface area contributed by atoms with Crippen LogP contribution in [0.3, 0.4) is 0 Å². The van der Waals surface area contributed by atoms with E-state index in [0.717, 1.165) is 77.6 Å². The first-order valence-corrected chi connectivity index (χ1v) is 26.0. The van der Waals surface area contributed by atoms with E-state index in [9.17, 15) is 0 Å². The summed E-state index contributed by atoms with van der Waals surface area (Å²) in [6.45, 7) is 0. The normalized spacial score (nSPS) is 11.7. The Morgan fingerprint density at radius 3 is 1.65 bits per heavy atom. The number of aromatic nitrogens is 4. The molecule has 4 heterocycles. The number of thiophene rings is 1. The van der Waals surface area contributed by atoms with Gasteiger partial charge in [-0.2, -0.15) is 0 Å². The number of hydrogen-bond donors (Lipinski definition) is 0. The number of benzene rings is 11. The fourth-order valence-corrected chi connectivity index (χ4v) is 12.3. The summed E-state index contributed by atoms with van der Waals surface area (Å²) >= 11 is 1.87. The molecule has 0 radical (unpaired) electrons. The summed E-state index contributed by atoms with van der Waals surface area (Å²) in [5, 5.41) is 7.14. The van der Waals surface area contributed by atoms with Crippen LogP contribution in [0.2, 0.25) is 0 Å². The van der Waals surface area contributed by atoms with Crippen LogP contribution in [-0.2, 0) is 0 Å². The Hall–Kier alpha value is -9.75. The molecule has 4 aromatic heterocycles. The average molecular weight is 975 g/mol. The molecule has 0 amide bonds. The highest BCUT2D eigenvalue weighted by Gasteiger charge is 2.21. The Morgan fingerprint density at radius 2 is 0.840 bits per heavy atom. The summed E-state index contributed by atoms with van der Waals surface area (Å²) in [5.74, 6) is 1.78. The summed E-state index contributed by atoms with van der Waals surface area (Å²) < 4.78 is 11.4. The largest absolute Gasteiger partial charge is 0.456 e. The van der Waals surface area contributed by atoms with E-state index in [1.807, 2.05) is 65.9 Å². The first-order valence-electron chi connectivity index (χ1n) is 25.2. The van der Waals surface area contributed by atoms with E-state index in [4.69, 9.17) is 19.4 Å². The zero-order chi connectivity index (χ0) is 49.4. The Kier molecular flexibility index (Phi) is 10.00. The van der Waals surface area contributed by atoms with E-state index >= 15 is 0 Å². The molecule has 0 N–H and O–H groups in total. The van der Waals surface area contributed by atoms with Gasteiger partial charge < -0.3 is 8.98 Å². The standard InChI is InChI=1S/C69H42N4OS/c1-3-17-43(18-4-1)49-38-50(40-51(39-49)54-29-16-31-60-58-27-9-12-34-64(58)75-66(54)60)53-28-15-30-59-55-25-7-10-32-61(55)73(65(53)59)52-24-14-22-46(41-52)45-21-13-23-47(37-45)68-70-67(44-19-5-2-6-20-44)71-69(72-68)48-35-36-57-56-26-8-11-33-62(56)74-63(57)42-48/h1-42H. The molecule has 15 aromatic rings. The molecule has 0 bridgehead atoms. The van der Waals surface area contributed by atoms with Crippen molar-refractivity contribution in [2.24, 2.45) is 0 Å². The van der Waals surface area contributed by atoms with Crippen LogP contribution in [0.5, 0.6) is 0 Å². The van der Waals surface area contributed by atoms with E-state index in [1.54, 1.807) is 0 Å². The second-order valence-electron chi connectivity index (χ2n) is 19.1. The predicted octanol–water partition coefficient (Wildman–Crippen LogP) is 18.9. The topological polar surface area (TPSA) is 56.7 Å². The van der Waals surface area contributed by atoms with Crippen LogP contribution in [0.4, 0.5) is 0 Å². The lowest BCUT2D eigenvalue weighted by atomic mass is 9.92. The van der Waals surface area contributed by atoms with E-state index in [2.05, 4.69) is 205 Å². The fourth-order valence-electron chi connectivity index (χ4n) is 11.1. The van der Waals surface area contributed by atoms with E-state index in [-0.39, 0.29) is 0 Å². The minimum atomic E-state index is 0.578. The van der Waals surface area contributed by atoms with Crippen molar-refractivity contribution >= 4 is 75.3 Å². The van der Waals surface area contributed by atoms with Gasteiger partial charge in [-0.3, -0.25) is 0 Å². The van der Waals surface area contributed by atoms with Crippen molar-refractivity contribution in [3.63, 3.8) is 0 Å². The van der Waals surface area contributed by atoms with E-state index in [1.165, 1.54) is 53.2 Å². The van der Waals surface area contributed by atoms with Gasteiger partial charge in [-0.25, -0.2) is 15.0 Å². The molecular weight excluding hydrogens is 933 g/mol. The maximum absolute atomic E-state index is 6.31. The van der Waals surface area contributed by atoms with Gasteiger partial charge in [0.05, 0.1) is 11.0 Å². The number of fused-ring (bicyclic) bond motifs is 9. The zero-order valence-corrected chi connectivity index (χ0v) is 41.2. The molecule has 0 aliphatic rings. The Balaban J connectivity index is 0.874. The average Bonchev–Trinajstić information content (AvgIpc) is 4.17. The number of rotatable bonds is 8. The molecule has 0 aliphatic carbocycles. The van der Waals surface area contributed by atoms with Crippen LogP contribution in [0, 0.1) is 0 Å². The zero-order valence-electron chi connectivity index (χ0n) is 40.4. The van der Waals surface area contributed by atoms with Crippen molar-refractivity contribution in [3.05, 3.63) is 255 Å². The third-order valence-corrected chi connectivity index (χ3v) is 15.8. The molecule has 0 aliphatic heterocycles. The summed E-state index contributed by atoms with van der Waals surface area (Å²) in [7, 11) is 0. The lowest BCUT2D eigenvalue weighted by Crippen LogP contribution is -2.00. The SMILES string of the molecule is c1ccc(-c2cc(-c3cccc4c3sc3ccccc34)cc(-c3cccc4c5ccccc5n(-c5cccc(-c6cccc(-c7nc(-c8ccccc8)nc(-c8ccc9c(c8)oc8ccccc89)n7)c6)c5)c34)c2)cc1. The summed E-state index contributed by atoms with van der Waals surface area (Å²) in [5.41, 5.74) is 16.9. The van der Waals surface area contributed by atoms with Crippen LogP contribution in [0.15, 0.2) is 259 Å². The monoisotopic (exact) mass is 974 g/mol. The molecular formula is C69H42N4OS. The van der Waals surface area contributed by atoms with Crippen LogP contribution in [0.25, 0.3) is 148 Å². The second-order valence-corrected chi connectivity index (χ2v) is 20.2. The quantitative estimate of drug-likeness (QED) is 0.152. The number of nitrogens with zero attached hydrogens (tertiary/aromatic N) is 4. The molecule has 0 spiro atoms. The molecule has 0 atom stereocenters. The molecule has 350 valence electrons. The van der Waals surface area contributed by atoms with Gasteiger partial charge in [0, 0.05) is 69.7 Å². The molecule has 6 heteroatoms. The van der Waals surface area contributed by atoms with Crippen LogP contribution in [-0.4, -0.2) is 19.5 Å². The highest BCUT2D eigenvalue weighted by atomic mass is 32.1. The number of hydrogen-bond acceptors (Lipinski definition) is 5. The first kappa shape index (κ1) is 42.9. The lowest BCUT2D eigenvalue weighted by molar-refractivity contribution is 0.669. The Morgan fingerprint density at radius 1 is 0.307 bits per heavy atom. The van der Waals surface area contributed by atoms with E-state index in [0.29, 0.717) is 17.5 Å². The van der Waals surface area contributed by atoms with Gasteiger partial charge in [0.25, 0.3) is 0 Å². The van der Waals surface area contributed by atoms with Crippen molar-refractivity contribution in [1.29, 1.82) is 0 Å². The van der Waals surface area contributed by atoms with Gasteiger partial charge in [0.15, 0.2) is 17.5 Å². The van der Waals surface area contributed by atoms with Crippen molar-refractivity contribution < 1.29 is 4.42 Å². The third kappa shape index (κ3) is 7.33. The smallest absolute Gasteiger partial charge is 0.164 e. The van der Waals surface area contributed by atoms with Gasteiger partial charge >= 0.3 is 0 Å². The van der Waals surface area contributed by atoms with Crippen LogP contribution < -0.4 is 0 Å². The number of para-hydroxylation sites is 3. The maximum Gasteiger partial charge on any atom is 0.164 e. The van der Waals surface area contributed by atoms with Crippen LogP contribution in [0.1, 0.15) is 0 Å². The van der Waals surface area contributed by atoms with Crippen molar-refractivity contribution in [2.75, 3.05) is 0 Å². The third-order valence-electron chi connectivity index (χ3n) is 14.6. The minimum Gasteiger partial charge on any atom is -0.456 e. The molecule has 0 fully saturated rings. The van der Waals surface area contributed by atoms with Crippen LogP contribution >= 0.6 is 11.3 Å². The Bertz CT molecular complexity index is 4720. The second kappa shape index (κ2) is 17.5. The van der Waals surface area contributed by atoms with Crippen molar-refractivity contribution in [2.45, 2.75) is 0 Å². The fraction of sp³-hybridized carbons (Fsp3) is 0. The summed E-state index contributed by atoms with van der Waals surface area (Å²) in [4.78, 5) is 15.3. The molecule has 0 saturated carbocycles. The maximum atomic E-state index is 6.31. The predicted molar refractivity (Wildman–Crippen MR) is 312 cm³/mol.